The zero-order chi connectivity index (χ0) is 18.4. The number of piperidine rings is 1. The summed E-state index contributed by atoms with van der Waals surface area (Å²) in [6.45, 7) is 4.30. The molecule has 2 aromatic rings. The summed E-state index contributed by atoms with van der Waals surface area (Å²) >= 11 is 3.38. The maximum absolute atomic E-state index is 12.1. The van der Waals surface area contributed by atoms with Gasteiger partial charge in [0.1, 0.15) is 5.75 Å². The Hall–Kier alpha value is -1.85. The fourth-order valence-corrected chi connectivity index (χ4v) is 3.59. The molecule has 0 unspecified atom stereocenters. The minimum atomic E-state index is -0.0533. The summed E-state index contributed by atoms with van der Waals surface area (Å²) in [6.07, 6.45) is 1.95. The fraction of sp³-hybridized carbons (Fsp3) is 0.381. The van der Waals surface area contributed by atoms with E-state index in [0.29, 0.717) is 11.8 Å². The van der Waals surface area contributed by atoms with Crippen LogP contribution in [0.4, 0.5) is 0 Å². The SMILES string of the molecule is C[C@@H](c1ccccc1)N1CCC(NC(=O)COc2ccc(Br)cc2)CC1. The van der Waals surface area contributed by atoms with E-state index in [0.717, 1.165) is 30.4 Å². The van der Waals surface area contributed by atoms with Gasteiger partial charge in [-0.1, -0.05) is 46.3 Å². The number of carbonyl (C=O) groups excluding carboxylic acids is 1. The maximum atomic E-state index is 12.1. The molecule has 1 amide bonds. The summed E-state index contributed by atoms with van der Waals surface area (Å²) in [5.41, 5.74) is 1.35. The van der Waals surface area contributed by atoms with Crippen molar-refractivity contribution in [2.24, 2.45) is 0 Å². The number of rotatable bonds is 6. The molecule has 1 N–H and O–H groups in total. The van der Waals surface area contributed by atoms with Crippen molar-refractivity contribution in [3.8, 4) is 5.75 Å². The summed E-state index contributed by atoms with van der Waals surface area (Å²) in [5.74, 6) is 0.650. The molecule has 1 aliphatic heterocycles. The molecule has 0 aromatic heterocycles. The largest absolute Gasteiger partial charge is 0.484 e. The van der Waals surface area contributed by atoms with Crippen molar-refractivity contribution in [3.05, 3.63) is 64.6 Å². The second kappa shape index (κ2) is 9.19. The second-order valence-electron chi connectivity index (χ2n) is 6.71. The Morgan fingerprint density at radius 3 is 2.46 bits per heavy atom. The maximum Gasteiger partial charge on any atom is 0.258 e. The van der Waals surface area contributed by atoms with Crippen LogP contribution in [0.15, 0.2) is 59.1 Å². The highest BCUT2D eigenvalue weighted by molar-refractivity contribution is 9.10. The lowest BCUT2D eigenvalue weighted by Gasteiger charge is -2.36. The van der Waals surface area contributed by atoms with Gasteiger partial charge in [0.05, 0.1) is 0 Å². The Bertz CT molecular complexity index is 698. The van der Waals surface area contributed by atoms with Gasteiger partial charge in [-0.05, 0) is 49.6 Å². The summed E-state index contributed by atoms with van der Waals surface area (Å²) in [7, 11) is 0. The molecule has 1 saturated heterocycles. The smallest absolute Gasteiger partial charge is 0.258 e. The van der Waals surface area contributed by atoms with Crippen molar-refractivity contribution in [1.82, 2.24) is 10.2 Å². The molecular weight excluding hydrogens is 392 g/mol. The summed E-state index contributed by atoms with van der Waals surface area (Å²) in [4.78, 5) is 14.6. The topological polar surface area (TPSA) is 41.6 Å². The van der Waals surface area contributed by atoms with Crippen molar-refractivity contribution < 1.29 is 9.53 Å². The van der Waals surface area contributed by atoms with Gasteiger partial charge in [-0.3, -0.25) is 9.69 Å². The third-order valence-corrected chi connectivity index (χ3v) is 5.44. The Kier molecular flexibility index (Phi) is 6.69. The molecule has 2 aromatic carbocycles. The Balaban J connectivity index is 1.40. The van der Waals surface area contributed by atoms with E-state index < -0.39 is 0 Å². The molecule has 1 aliphatic rings. The molecule has 0 radical (unpaired) electrons. The van der Waals surface area contributed by atoms with Crippen molar-refractivity contribution in [3.63, 3.8) is 0 Å². The van der Waals surface area contributed by atoms with Gasteiger partial charge in [-0.15, -0.1) is 0 Å². The molecule has 0 saturated carbocycles. The van der Waals surface area contributed by atoms with E-state index in [9.17, 15) is 4.79 Å². The van der Waals surface area contributed by atoms with Crippen LogP contribution in [0.3, 0.4) is 0 Å². The minimum absolute atomic E-state index is 0.0533. The van der Waals surface area contributed by atoms with Crippen molar-refractivity contribution in [2.75, 3.05) is 19.7 Å². The first-order valence-corrected chi connectivity index (χ1v) is 9.88. The number of carbonyl (C=O) groups is 1. The van der Waals surface area contributed by atoms with Crippen LogP contribution in [0.5, 0.6) is 5.75 Å². The van der Waals surface area contributed by atoms with Crippen molar-refractivity contribution >= 4 is 21.8 Å². The van der Waals surface area contributed by atoms with E-state index in [1.54, 1.807) is 0 Å². The van der Waals surface area contributed by atoms with E-state index in [2.05, 4.69) is 57.3 Å². The predicted molar refractivity (Wildman–Crippen MR) is 107 cm³/mol. The van der Waals surface area contributed by atoms with Crippen LogP contribution in [0, 0.1) is 0 Å². The van der Waals surface area contributed by atoms with E-state index in [1.807, 2.05) is 30.3 Å². The minimum Gasteiger partial charge on any atom is -0.484 e. The molecule has 1 heterocycles. The number of nitrogens with zero attached hydrogens (tertiary/aromatic N) is 1. The number of amides is 1. The average molecular weight is 417 g/mol. The first-order chi connectivity index (χ1) is 12.6. The van der Waals surface area contributed by atoms with Crippen LogP contribution in [0.2, 0.25) is 0 Å². The van der Waals surface area contributed by atoms with Crippen LogP contribution in [0.1, 0.15) is 31.4 Å². The number of hydrogen-bond donors (Lipinski definition) is 1. The highest BCUT2D eigenvalue weighted by Gasteiger charge is 2.24. The Morgan fingerprint density at radius 1 is 1.15 bits per heavy atom. The molecular formula is C21H25BrN2O2. The van der Waals surface area contributed by atoms with Gasteiger partial charge in [0.2, 0.25) is 0 Å². The predicted octanol–water partition coefficient (Wildman–Crippen LogP) is 4.17. The van der Waals surface area contributed by atoms with Crippen LogP contribution in [0.25, 0.3) is 0 Å². The number of ether oxygens (including phenoxy) is 1. The zero-order valence-corrected chi connectivity index (χ0v) is 16.6. The molecule has 4 nitrogen and oxygen atoms in total. The van der Waals surface area contributed by atoms with E-state index in [-0.39, 0.29) is 18.6 Å². The molecule has 1 fully saturated rings. The third-order valence-electron chi connectivity index (χ3n) is 4.91. The number of halogens is 1. The third kappa shape index (κ3) is 5.32. The number of likely N-dealkylation sites (tertiary alicyclic amines) is 1. The van der Waals surface area contributed by atoms with Crippen LogP contribution < -0.4 is 10.1 Å². The second-order valence-corrected chi connectivity index (χ2v) is 7.62. The summed E-state index contributed by atoms with van der Waals surface area (Å²) < 4.78 is 6.53. The highest BCUT2D eigenvalue weighted by Crippen LogP contribution is 2.24. The number of benzene rings is 2. The van der Waals surface area contributed by atoms with E-state index >= 15 is 0 Å². The Morgan fingerprint density at radius 2 is 1.81 bits per heavy atom. The number of hydrogen-bond acceptors (Lipinski definition) is 3. The molecule has 138 valence electrons. The molecule has 0 aliphatic carbocycles. The first-order valence-electron chi connectivity index (χ1n) is 9.08. The van der Waals surface area contributed by atoms with Gasteiger partial charge < -0.3 is 10.1 Å². The van der Waals surface area contributed by atoms with Gasteiger partial charge in [0.15, 0.2) is 6.61 Å². The molecule has 5 heteroatoms. The van der Waals surface area contributed by atoms with Crippen molar-refractivity contribution in [1.29, 1.82) is 0 Å². The highest BCUT2D eigenvalue weighted by atomic mass is 79.9. The molecule has 26 heavy (non-hydrogen) atoms. The van der Waals surface area contributed by atoms with E-state index in [1.165, 1.54) is 5.56 Å². The average Bonchev–Trinajstić information content (AvgIpc) is 2.68. The summed E-state index contributed by atoms with van der Waals surface area (Å²) in [5, 5.41) is 3.10. The van der Waals surface area contributed by atoms with Crippen LogP contribution >= 0.6 is 15.9 Å². The van der Waals surface area contributed by atoms with Gasteiger partial charge >= 0.3 is 0 Å². The standard InChI is InChI=1S/C21H25BrN2O2/c1-16(17-5-3-2-4-6-17)24-13-11-19(12-14-24)23-21(25)15-26-20-9-7-18(22)8-10-20/h2-10,16,19H,11-15H2,1H3,(H,23,25)/t16-/m0/s1. The van der Waals surface area contributed by atoms with Gasteiger partial charge in [-0.25, -0.2) is 0 Å². The lowest BCUT2D eigenvalue weighted by molar-refractivity contribution is -0.124. The molecule has 3 rings (SSSR count). The zero-order valence-electron chi connectivity index (χ0n) is 15.0. The molecule has 1 atom stereocenters. The fourth-order valence-electron chi connectivity index (χ4n) is 3.32. The quantitative estimate of drug-likeness (QED) is 0.767. The van der Waals surface area contributed by atoms with E-state index in [4.69, 9.17) is 4.74 Å². The molecule has 0 bridgehead atoms. The van der Waals surface area contributed by atoms with Gasteiger partial charge in [0, 0.05) is 29.6 Å². The van der Waals surface area contributed by atoms with Crippen LogP contribution in [-0.4, -0.2) is 36.5 Å². The van der Waals surface area contributed by atoms with Gasteiger partial charge in [-0.2, -0.15) is 0 Å². The lowest BCUT2D eigenvalue weighted by atomic mass is 10.00. The normalized spacial score (nSPS) is 16.8. The first kappa shape index (κ1) is 18.9. The van der Waals surface area contributed by atoms with Crippen molar-refractivity contribution in [2.45, 2.75) is 31.8 Å². The number of nitrogens with one attached hydrogen (secondary N) is 1. The monoisotopic (exact) mass is 416 g/mol. The van der Waals surface area contributed by atoms with Crippen LogP contribution in [-0.2, 0) is 4.79 Å². The van der Waals surface area contributed by atoms with Gasteiger partial charge in [0.25, 0.3) is 5.91 Å². The lowest BCUT2D eigenvalue weighted by Crippen LogP contribution is -2.46. The Labute approximate surface area is 163 Å². The molecule has 0 spiro atoms. The summed E-state index contributed by atoms with van der Waals surface area (Å²) in [6, 6.07) is 18.7.